The van der Waals surface area contributed by atoms with Gasteiger partial charge in [-0.05, 0) is 39.1 Å². The first kappa shape index (κ1) is 30.8. The number of nitrogens with one attached hydrogen (secondary N) is 1. The van der Waals surface area contributed by atoms with E-state index in [0.717, 1.165) is 85.6 Å². The molecule has 3 aliphatic heterocycles. The van der Waals surface area contributed by atoms with Crippen LogP contribution in [0.5, 0.6) is 5.88 Å². The van der Waals surface area contributed by atoms with E-state index in [4.69, 9.17) is 37.9 Å². The molecule has 244 valence electrons. The van der Waals surface area contributed by atoms with Crippen LogP contribution in [0.4, 0.5) is 5.69 Å². The van der Waals surface area contributed by atoms with Gasteiger partial charge in [-0.2, -0.15) is 0 Å². The van der Waals surface area contributed by atoms with E-state index in [1.807, 2.05) is 42.5 Å². The summed E-state index contributed by atoms with van der Waals surface area (Å²) in [5.74, 6) is 0.816. The summed E-state index contributed by atoms with van der Waals surface area (Å²) in [4.78, 5) is 30.5. The monoisotopic (exact) mass is 671 g/mol. The summed E-state index contributed by atoms with van der Waals surface area (Å²) in [6, 6.07) is 15.9. The van der Waals surface area contributed by atoms with Gasteiger partial charge in [0.1, 0.15) is 0 Å². The molecule has 2 aromatic heterocycles. The minimum Gasteiger partial charge on any atom is -0.481 e. The smallest absolute Gasteiger partial charge is 0.291 e. The minimum absolute atomic E-state index is 0.252. The number of carbonyl (C=O) groups excluding carboxylic acids is 1. The third-order valence-corrected chi connectivity index (χ3v) is 10.8. The molecule has 1 amide bonds. The van der Waals surface area contributed by atoms with Crippen LogP contribution >= 0.6 is 23.2 Å². The number of hydrogen-bond donors (Lipinski definition) is 1. The second-order valence-corrected chi connectivity index (χ2v) is 14.6. The normalized spacial score (nSPS) is 19.3. The molecule has 4 aliphatic rings. The molecule has 0 atom stereocenters. The Kier molecular flexibility index (Phi) is 7.80. The Morgan fingerprint density at radius 1 is 0.936 bits per heavy atom. The van der Waals surface area contributed by atoms with Crippen molar-refractivity contribution in [3.05, 3.63) is 81.4 Å². The number of likely N-dealkylation sites (N-methyl/N-ethyl adjacent to an activating group) is 1. The molecular weight excluding hydrogens is 633 g/mol. The number of imidazole rings is 1. The van der Waals surface area contributed by atoms with Crippen molar-refractivity contribution < 1.29 is 9.53 Å². The predicted octanol–water partition coefficient (Wildman–Crippen LogP) is 6.25. The van der Waals surface area contributed by atoms with Crippen LogP contribution in [0.1, 0.15) is 46.5 Å². The summed E-state index contributed by atoms with van der Waals surface area (Å²) in [7, 11) is 5.93. The van der Waals surface area contributed by atoms with Crippen LogP contribution in [0.25, 0.3) is 22.4 Å². The van der Waals surface area contributed by atoms with Crippen LogP contribution in [0.15, 0.2) is 48.5 Å². The molecule has 1 spiro atoms. The number of methoxy groups -OCH3 is 1. The maximum atomic E-state index is 13.7. The minimum atomic E-state index is -0.252. The molecule has 2 aromatic carbocycles. The Morgan fingerprint density at radius 3 is 2.38 bits per heavy atom. The summed E-state index contributed by atoms with van der Waals surface area (Å²) in [6.07, 6.45) is 3.04. The summed E-state index contributed by atoms with van der Waals surface area (Å²) in [5.41, 5.74) is 7.21. The lowest BCUT2D eigenvalue weighted by Crippen LogP contribution is -2.70. The number of ether oxygens (including phenoxy) is 1. The fraction of sp³-hybridized carbons (Fsp3) is 0.417. The molecule has 2 saturated heterocycles. The van der Waals surface area contributed by atoms with Gasteiger partial charge in [0.15, 0.2) is 5.82 Å². The van der Waals surface area contributed by atoms with Crippen LogP contribution in [0.2, 0.25) is 10.0 Å². The van der Waals surface area contributed by atoms with Crippen molar-refractivity contribution in [2.45, 2.75) is 38.4 Å². The highest BCUT2D eigenvalue weighted by molar-refractivity contribution is 6.39. The van der Waals surface area contributed by atoms with E-state index in [-0.39, 0.29) is 5.91 Å². The van der Waals surface area contributed by atoms with Crippen LogP contribution in [0.3, 0.4) is 0 Å². The molecule has 0 radical (unpaired) electrons. The van der Waals surface area contributed by atoms with Gasteiger partial charge in [-0.25, -0.2) is 9.97 Å². The maximum absolute atomic E-state index is 13.7. The van der Waals surface area contributed by atoms with Crippen LogP contribution in [0, 0.1) is 5.41 Å². The lowest BCUT2D eigenvalue weighted by molar-refractivity contribution is -0.108. The van der Waals surface area contributed by atoms with Gasteiger partial charge < -0.3 is 24.4 Å². The van der Waals surface area contributed by atoms with E-state index < -0.39 is 0 Å². The van der Waals surface area contributed by atoms with E-state index in [9.17, 15) is 4.79 Å². The highest BCUT2D eigenvalue weighted by Gasteiger charge is 2.50. The Balaban J connectivity index is 1.04. The van der Waals surface area contributed by atoms with Gasteiger partial charge in [0.25, 0.3) is 5.91 Å². The number of pyridine rings is 1. The zero-order chi connectivity index (χ0) is 32.4. The average Bonchev–Trinajstić information content (AvgIpc) is 3.80. The summed E-state index contributed by atoms with van der Waals surface area (Å²) in [5, 5.41) is 4.00. The predicted molar refractivity (Wildman–Crippen MR) is 185 cm³/mol. The number of carbonyl (C=O) groups is 1. The summed E-state index contributed by atoms with van der Waals surface area (Å²) >= 11 is 14.1. The standard InChI is InChI=1S/C36H39Cl2N7O2/c1-42-15-14-30-29(17-42)39-33(45(30)23-11-12-23)34(46)40-28-9-5-7-25(32(28)38)24-6-4-8-26(31(24)37)27-13-10-22(35(41-27)47-3)16-44-20-36(21-44)18-43(2)19-36/h4-10,13,23H,11-12,14-21H2,1-3H3,(H,40,46). The highest BCUT2D eigenvalue weighted by atomic mass is 35.5. The number of amides is 1. The first-order valence-corrected chi connectivity index (χ1v) is 17.1. The summed E-state index contributed by atoms with van der Waals surface area (Å²) < 4.78 is 7.91. The van der Waals surface area contributed by atoms with Crippen molar-refractivity contribution in [1.82, 2.24) is 29.2 Å². The van der Waals surface area contributed by atoms with Gasteiger partial charge in [0.2, 0.25) is 5.88 Å². The number of aromatic nitrogens is 3. The SMILES string of the molecule is COc1nc(-c2cccc(-c3cccc(NC(=O)c4nc5c(n4C4CC4)CCN(C)C5)c3Cl)c2Cl)ccc1CN1CC2(CN(C)C2)C1. The lowest BCUT2D eigenvalue weighted by Gasteiger charge is -2.59. The van der Waals surface area contributed by atoms with Gasteiger partial charge in [-0.3, -0.25) is 9.69 Å². The van der Waals surface area contributed by atoms with E-state index in [0.29, 0.717) is 38.9 Å². The highest BCUT2D eigenvalue weighted by Crippen LogP contribution is 2.43. The lowest BCUT2D eigenvalue weighted by atomic mass is 9.73. The number of fused-ring (bicyclic) bond motifs is 1. The first-order valence-electron chi connectivity index (χ1n) is 16.3. The van der Waals surface area contributed by atoms with Gasteiger partial charge >= 0.3 is 0 Å². The number of nitrogens with zero attached hydrogens (tertiary/aromatic N) is 6. The third kappa shape index (κ3) is 5.62. The Morgan fingerprint density at radius 2 is 1.66 bits per heavy atom. The van der Waals surface area contributed by atoms with E-state index >= 15 is 0 Å². The Labute approximate surface area is 285 Å². The molecule has 5 heterocycles. The topological polar surface area (TPSA) is 78.8 Å². The van der Waals surface area contributed by atoms with E-state index in [1.165, 1.54) is 18.8 Å². The maximum Gasteiger partial charge on any atom is 0.291 e. The van der Waals surface area contributed by atoms with Crippen LogP contribution < -0.4 is 10.1 Å². The fourth-order valence-corrected chi connectivity index (χ4v) is 8.44. The number of halogens is 2. The number of hydrogen-bond acceptors (Lipinski definition) is 7. The molecule has 9 nitrogen and oxygen atoms in total. The molecule has 11 heteroatoms. The van der Waals surface area contributed by atoms with Crippen molar-refractivity contribution in [2.24, 2.45) is 5.41 Å². The van der Waals surface area contributed by atoms with Gasteiger partial charge in [-0.15, -0.1) is 0 Å². The van der Waals surface area contributed by atoms with Crippen molar-refractivity contribution in [1.29, 1.82) is 0 Å². The van der Waals surface area contributed by atoms with Crippen LogP contribution in [-0.4, -0.2) is 89.1 Å². The van der Waals surface area contributed by atoms with Crippen molar-refractivity contribution >= 4 is 34.8 Å². The Bertz CT molecular complexity index is 1870. The Hall–Kier alpha value is -3.47. The molecule has 4 aromatic rings. The molecule has 1 saturated carbocycles. The van der Waals surface area contributed by atoms with Crippen molar-refractivity contribution in [3.63, 3.8) is 0 Å². The molecule has 1 aliphatic carbocycles. The first-order chi connectivity index (χ1) is 22.7. The molecule has 0 unspecified atom stereocenters. The van der Waals surface area contributed by atoms with Crippen molar-refractivity contribution in [2.75, 3.05) is 59.2 Å². The van der Waals surface area contributed by atoms with Gasteiger partial charge in [0, 0.05) is 91.6 Å². The van der Waals surface area contributed by atoms with Gasteiger partial charge in [0.05, 0.1) is 34.2 Å². The zero-order valence-corrected chi connectivity index (χ0v) is 28.5. The zero-order valence-electron chi connectivity index (χ0n) is 27.0. The number of rotatable bonds is 8. The average molecular weight is 673 g/mol. The van der Waals surface area contributed by atoms with E-state index in [2.05, 4.69) is 44.7 Å². The second kappa shape index (κ2) is 11.9. The molecule has 47 heavy (non-hydrogen) atoms. The molecule has 3 fully saturated rings. The van der Waals surface area contributed by atoms with Crippen molar-refractivity contribution in [3.8, 4) is 28.3 Å². The third-order valence-electron chi connectivity index (χ3n) is 10.0. The summed E-state index contributed by atoms with van der Waals surface area (Å²) in [6.45, 7) is 7.10. The van der Waals surface area contributed by atoms with Crippen LogP contribution in [-0.2, 0) is 19.5 Å². The second-order valence-electron chi connectivity index (χ2n) is 13.9. The number of anilines is 1. The molecular formula is C36H39Cl2N7O2. The quantitative estimate of drug-likeness (QED) is 0.237. The largest absolute Gasteiger partial charge is 0.481 e. The number of benzene rings is 2. The molecule has 8 rings (SSSR count). The fourth-order valence-electron chi connectivity index (χ4n) is 7.85. The van der Waals surface area contributed by atoms with Gasteiger partial charge in [-0.1, -0.05) is 59.6 Å². The molecule has 0 bridgehead atoms. The molecule has 1 N–H and O–H groups in total. The van der Waals surface area contributed by atoms with E-state index in [1.54, 1.807) is 7.11 Å². The number of likely N-dealkylation sites (tertiary alicyclic amines) is 2.